The fourth-order valence-electron chi connectivity index (χ4n) is 3.97. The van der Waals surface area contributed by atoms with Crippen molar-refractivity contribution in [3.63, 3.8) is 0 Å². The molecule has 0 bridgehead atoms. The van der Waals surface area contributed by atoms with Crippen LogP contribution < -0.4 is 9.64 Å². The topological polar surface area (TPSA) is 53.1 Å². The normalized spacial score (nSPS) is 21.5. The van der Waals surface area contributed by atoms with Gasteiger partial charge >= 0.3 is 0 Å². The molecule has 0 spiro atoms. The highest BCUT2D eigenvalue weighted by Gasteiger charge is 2.43. The Hall–Kier alpha value is -1.92. The van der Waals surface area contributed by atoms with E-state index in [9.17, 15) is 9.59 Å². The first-order valence-corrected chi connectivity index (χ1v) is 10.7. The van der Waals surface area contributed by atoms with E-state index in [0.29, 0.717) is 12.3 Å². The maximum atomic E-state index is 12.9. The number of carbonyl (C=O) groups excluding carboxylic acids is 2. The van der Waals surface area contributed by atoms with Crippen molar-refractivity contribution in [2.45, 2.75) is 52.0 Å². The van der Waals surface area contributed by atoms with Gasteiger partial charge in [-0.05, 0) is 37.2 Å². The number of hydrogen-bond acceptors (Lipinski definition) is 5. The quantitative estimate of drug-likeness (QED) is 0.482. The summed E-state index contributed by atoms with van der Waals surface area (Å²) in [5.41, 5.74) is 0.642. The molecule has 0 saturated carbocycles. The highest BCUT2D eigenvalue weighted by molar-refractivity contribution is 6.22. The summed E-state index contributed by atoms with van der Waals surface area (Å²) in [4.78, 5) is 31.4. The molecule has 3 rings (SSSR count). The summed E-state index contributed by atoms with van der Waals surface area (Å²) in [6.45, 7) is 9.68. The van der Waals surface area contributed by atoms with Crippen LogP contribution in [0.15, 0.2) is 24.3 Å². The van der Waals surface area contributed by atoms with E-state index in [1.165, 1.54) is 24.2 Å². The van der Waals surface area contributed by atoms with Gasteiger partial charge in [0.25, 0.3) is 5.91 Å². The van der Waals surface area contributed by atoms with Gasteiger partial charge in [0.15, 0.2) is 0 Å². The summed E-state index contributed by atoms with van der Waals surface area (Å²) < 4.78 is 5.76. The lowest BCUT2D eigenvalue weighted by Crippen LogP contribution is -2.52. The molecule has 2 saturated heterocycles. The number of carbonyl (C=O) groups is 2. The molecular weight excluding hydrogens is 354 g/mol. The van der Waals surface area contributed by atoms with E-state index in [2.05, 4.69) is 23.6 Å². The van der Waals surface area contributed by atoms with Gasteiger partial charge in [-0.15, -0.1) is 0 Å². The number of imide groups is 1. The van der Waals surface area contributed by atoms with E-state index in [4.69, 9.17) is 4.74 Å². The first-order chi connectivity index (χ1) is 13.6. The average Bonchev–Trinajstić information content (AvgIpc) is 3.02. The predicted octanol–water partition coefficient (Wildman–Crippen LogP) is 2.92. The van der Waals surface area contributed by atoms with Gasteiger partial charge in [-0.1, -0.05) is 33.1 Å². The zero-order valence-corrected chi connectivity index (χ0v) is 17.2. The fourth-order valence-corrected chi connectivity index (χ4v) is 3.97. The monoisotopic (exact) mass is 387 g/mol. The van der Waals surface area contributed by atoms with Crippen LogP contribution >= 0.6 is 0 Å². The van der Waals surface area contributed by atoms with Crippen LogP contribution in [0, 0.1) is 0 Å². The van der Waals surface area contributed by atoms with Gasteiger partial charge < -0.3 is 9.64 Å². The molecule has 0 unspecified atom stereocenters. The van der Waals surface area contributed by atoms with Gasteiger partial charge in [-0.3, -0.25) is 14.5 Å². The third-order valence-corrected chi connectivity index (χ3v) is 5.78. The minimum Gasteiger partial charge on any atom is -0.494 e. The number of likely N-dealkylation sites (N-methyl/N-ethyl adjacent to an activating group) is 1. The lowest BCUT2D eigenvalue weighted by atomic mass is 10.1. The maximum Gasteiger partial charge on any atom is 0.251 e. The smallest absolute Gasteiger partial charge is 0.251 e. The number of benzene rings is 1. The third-order valence-electron chi connectivity index (χ3n) is 5.78. The Bertz CT molecular complexity index is 653. The van der Waals surface area contributed by atoms with Crippen molar-refractivity contribution in [1.82, 2.24) is 9.80 Å². The number of amides is 2. The van der Waals surface area contributed by atoms with E-state index >= 15 is 0 Å². The van der Waals surface area contributed by atoms with Crippen molar-refractivity contribution < 1.29 is 14.3 Å². The highest BCUT2D eigenvalue weighted by atomic mass is 16.5. The maximum absolute atomic E-state index is 12.9. The van der Waals surface area contributed by atoms with E-state index in [0.717, 1.165) is 44.9 Å². The summed E-state index contributed by atoms with van der Waals surface area (Å²) in [5.74, 6) is 0.580. The summed E-state index contributed by atoms with van der Waals surface area (Å²) >= 11 is 0. The molecule has 154 valence electrons. The minimum absolute atomic E-state index is 0.0943. The molecule has 6 nitrogen and oxygen atoms in total. The average molecular weight is 388 g/mol. The van der Waals surface area contributed by atoms with Gasteiger partial charge in [0.1, 0.15) is 5.75 Å². The molecule has 6 heteroatoms. The number of nitrogens with zero attached hydrogens (tertiary/aromatic N) is 3. The van der Waals surface area contributed by atoms with Crippen molar-refractivity contribution in [2.24, 2.45) is 0 Å². The first kappa shape index (κ1) is 20.8. The second-order valence-electron chi connectivity index (χ2n) is 7.66. The number of ether oxygens (including phenoxy) is 1. The van der Waals surface area contributed by atoms with Gasteiger partial charge in [0, 0.05) is 26.2 Å². The van der Waals surface area contributed by atoms with Crippen LogP contribution in [0.1, 0.15) is 46.0 Å². The van der Waals surface area contributed by atoms with Gasteiger partial charge in [-0.25, -0.2) is 4.90 Å². The molecule has 0 N–H and O–H groups in total. The zero-order chi connectivity index (χ0) is 19.9. The van der Waals surface area contributed by atoms with Crippen molar-refractivity contribution in [3.8, 4) is 5.75 Å². The first-order valence-electron chi connectivity index (χ1n) is 10.7. The summed E-state index contributed by atoms with van der Waals surface area (Å²) in [6.07, 6.45) is 4.95. The molecule has 2 aliphatic rings. The Labute approximate surface area is 168 Å². The van der Waals surface area contributed by atoms with Crippen LogP contribution in [0.3, 0.4) is 0 Å². The van der Waals surface area contributed by atoms with Crippen LogP contribution in [-0.2, 0) is 9.59 Å². The number of anilines is 1. The molecule has 28 heavy (non-hydrogen) atoms. The van der Waals surface area contributed by atoms with Gasteiger partial charge in [-0.2, -0.15) is 0 Å². The lowest BCUT2D eigenvalue weighted by molar-refractivity contribution is -0.123. The Morgan fingerprint density at radius 2 is 1.68 bits per heavy atom. The molecule has 2 aliphatic heterocycles. The molecule has 2 heterocycles. The largest absolute Gasteiger partial charge is 0.494 e. The molecule has 0 radical (unpaired) electrons. The fraction of sp³-hybridized carbons (Fsp3) is 0.636. The summed E-state index contributed by atoms with van der Waals surface area (Å²) in [7, 11) is 0. The molecule has 2 fully saturated rings. The number of unbranched alkanes of at least 4 members (excludes halogenated alkanes) is 3. The standard InChI is InChI=1S/C22H33N3O3/c1-3-5-6-7-16-28-19-10-8-18(9-11-19)25-21(26)17-20(22(25)27)24-14-12-23(4-2)13-15-24/h8-11,20H,3-7,12-17H2,1-2H3/t20-/m1/s1. The second kappa shape index (κ2) is 10.0. The summed E-state index contributed by atoms with van der Waals surface area (Å²) in [6, 6.07) is 7.01. The van der Waals surface area contributed by atoms with Crippen molar-refractivity contribution in [2.75, 3.05) is 44.2 Å². The zero-order valence-electron chi connectivity index (χ0n) is 17.2. The molecule has 1 aromatic rings. The van der Waals surface area contributed by atoms with E-state index < -0.39 is 0 Å². The Balaban J connectivity index is 1.56. The number of rotatable bonds is 9. The minimum atomic E-state index is -0.319. The van der Waals surface area contributed by atoms with E-state index in [1.807, 2.05) is 24.3 Å². The molecule has 0 aromatic heterocycles. The molecule has 2 amide bonds. The second-order valence-corrected chi connectivity index (χ2v) is 7.66. The summed E-state index contributed by atoms with van der Waals surface area (Å²) in [5, 5.41) is 0. The molecule has 1 atom stereocenters. The van der Waals surface area contributed by atoms with Crippen LogP contribution in [-0.4, -0.2) is 67.0 Å². The van der Waals surface area contributed by atoms with Gasteiger partial charge in [0.2, 0.25) is 5.91 Å². The third kappa shape index (κ3) is 4.92. The van der Waals surface area contributed by atoms with Crippen LogP contribution in [0.5, 0.6) is 5.75 Å². The Morgan fingerprint density at radius 3 is 2.32 bits per heavy atom. The highest BCUT2D eigenvalue weighted by Crippen LogP contribution is 2.28. The predicted molar refractivity (Wildman–Crippen MR) is 111 cm³/mol. The Morgan fingerprint density at radius 1 is 0.964 bits per heavy atom. The Kier molecular flexibility index (Phi) is 7.45. The van der Waals surface area contributed by atoms with Crippen molar-refractivity contribution in [3.05, 3.63) is 24.3 Å². The lowest BCUT2D eigenvalue weighted by Gasteiger charge is -2.36. The SMILES string of the molecule is CCCCCCOc1ccc(N2C(=O)C[C@@H](N3CCN(CC)CC3)C2=O)cc1. The number of piperazine rings is 1. The number of hydrogen-bond donors (Lipinski definition) is 0. The van der Waals surface area contributed by atoms with E-state index in [1.54, 1.807) is 0 Å². The van der Waals surface area contributed by atoms with Crippen LogP contribution in [0.25, 0.3) is 0 Å². The van der Waals surface area contributed by atoms with Crippen molar-refractivity contribution in [1.29, 1.82) is 0 Å². The molecule has 1 aromatic carbocycles. The van der Waals surface area contributed by atoms with Crippen LogP contribution in [0.4, 0.5) is 5.69 Å². The van der Waals surface area contributed by atoms with Crippen molar-refractivity contribution >= 4 is 17.5 Å². The van der Waals surface area contributed by atoms with Gasteiger partial charge in [0.05, 0.1) is 24.8 Å². The molecule has 0 aliphatic carbocycles. The molecular formula is C22H33N3O3. The van der Waals surface area contributed by atoms with E-state index in [-0.39, 0.29) is 24.3 Å². The van der Waals surface area contributed by atoms with Crippen LogP contribution in [0.2, 0.25) is 0 Å².